The quantitative estimate of drug-likeness (QED) is 0.789. The average molecular weight is 322 g/mol. The molecule has 9 nitrogen and oxygen atoms in total. The van der Waals surface area contributed by atoms with Crippen molar-refractivity contribution in [1.82, 2.24) is 25.1 Å². The largest absolute Gasteiger partial charge is 0.467 e. The predicted molar refractivity (Wildman–Crippen MR) is 77.0 cm³/mol. The third kappa shape index (κ3) is 2.31. The van der Waals surface area contributed by atoms with E-state index in [-0.39, 0.29) is 18.4 Å². The molecule has 0 radical (unpaired) electrons. The Bertz CT molecular complexity index is 775. The lowest BCUT2D eigenvalue weighted by atomic mass is 10.0. The molecule has 0 atom stereocenters. The molecule has 0 fully saturated rings. The molecule has 3 rings (SSSR count). The Labute approximate surface area is 130 Å². The van der Waals surface area contributed by atoms with Crippen molar-refractivity contribution in [2.75, 3.05) is 12.4 Å². The number of anilines is 2. The highest BCUT2D eigenvalue weighted by Crippen LogP contribution is 2.41. The minimum absolute atomic E-state index is 0.00794. The molecule has 2 aromatic rings. The first-order valence-corrected chi connectivity index (χ1v) is 6.76. The van der Waals surface area contributed by atoms with Crippen LogP contribution in [0.1, 0.15) is 25.1 Å². The predicted octanol–water partition coefficient (Wildman–Crippen LogP) is 1.82. The molecule has 23 heavy (non-hydrogen) atoms. The van der Waals surface area contributed by atoms with Gasteiger partial charge in [0.2, 0.25) is 0 Å². The van der Waals surface area contributed by atoms with Crippen LogP contribution in [-0.2, 0) is 12.1 Å². The van der Waals surface area contributed by atoms with E-state index in [9.17, 15) is 14.3 Å². The average Bonchev–Trinajstić information content (AvgIpc) is 3.01. The highest BCUT2D eigenvalue weighted by molar-refractivity contribution is 5.70. The van der Waals surface area contributed by atoms with E-state index in [1.807, 2.05) is 0 Å². The third-order valence-corrected chi connectivity index (χ3v) is 3.84. The molecule has 0 unspecified atom stereocenters. The molecule has 0 bridgehead atoms. The van der Waals surface area contributed by atoms with Gasteiger partial charge in [0.25, 0.3) is 0 Å². The molecule has 1 amide bonds. The fourth-order valence-corrected chi connectivity index (χ4v) is 2.58. The number of H-pyrrole nitrogens is 1. The summed E-state index contributed by atoms with van der Waals surface area (Å²) >= 11 is 0. The standard InChI is InChI=1S/C13H15FN6O3/c1-13(2)8-6(5-20(13)12(21)22)9(19-18-8)16-10-7(14)4-15-11(17-10)23-3/h4H,5H2,1-3H3,(H,21,22)(H2,15,16,17,18,19). The second-order valence-corrected chi connectivity index (χ2v) is 5.53. The van der Waals surface area contributed by atoms with Gasteiger partial charge in [-0.05, 0) is 13.8 Å². The number of ether oxygens (including phenoxy) is 1. The SMILES string of the molecule is COc1ncc(F)c(Nc2n[nH]c3c2CN(C(=O)O)C3(C)C)n1. The number of hydrogen-bond donors (Lipinski definition) is 3. The van der Waals surface area contributed by atoms with Gasteiger partial charge in [0.1, 0.15) is 0 Å². The van der Waals surface area contributed by atoms with E-state index in [1.54, 1.807) is 13.8 Å². The number of rotatable bonds is 3. The Morgan fingerprint density at radius 2 is 2.26 bits per heavy atom. The van der Waals surface area contributed by atoms with Gasteiger partial charge in [-0.2, -0.15) is 10.1 Å². The van der Waals surface area contributed by atoms with Crippen LogP contribution in [0.5, 0.6) is 6.01 Å². The van der Waals surface area contributed by atoms with Crippen LogP contribution in [0, 0.1) is 5.82 Å². The zero-order chi connectivity index (χ0) is 16.8. The van der Waals surface area contributed by atoms with E-state index in [0.29, 0.717) is 17.1 Å². The maximum absolute atomic E-state index is 13.8. The van der Waals surface area contributed by atoms with Crippen molar-refractivity contribution in [1.29, 1.82) is 0 Å². The van der Waals surface area contributed by atoms with Crippen molar-refractivity contribution in [3.63, 3.8) is 0 Å². The lowest BCUT2D eigenvalue weighted by molar-refractivity contribution is 0.0978. The summed E-state index contributed by atoms with van der Waals surface area (Å²) in [4.78, 5) is 20.2. The molecule has 3 N–H and O–H groups in total. The number of aromatic amines is 1. The number of aromatic nitrogens is 4. The summed E-state index contributed by atoms with van der Waals surface area (Å²) < 4.78 is 18.7. The molecule has 0 aromatic carbocycles. The van der Waals surface area contributed by atoms with E-state index in [1.165, 1.54) is 12.0 Å². The number of nitrogens with zero attached hydrogens (tertiary/aromatic N) is 4. The van der Waals surface area contributed by atoms with Crippen molar-refractivity contribution in [2.24, 2.45) is 0 Å². The third-order valence-electron chi connectivity index (χ3n) is 3.84. The zero-order valence-electron chi connectivity index (χ0n) is 12.7. The number of hydrogen-bond acceptors (Lipinski definition) is 6. The van der Waals surface area contributed by atoms with Gasteiger partial charge in [-0.15, -0.1) is 0 Å². The molecule has 122 valence electrons. The molecular weight excluding hydrogens is 307 g/mol. The molecular formula is C13H15FN6O3. The molecule has 0 saturated heterocycles. The van der Waals surface area contributed by atoms with Gasteiger partial charge in [-0.1, -0.05) is 0 Å². The lowest BCUT2D eigenvalue weighted by Crippen LogP contribution is -2.39. The zero-order valence-corrected chi connectivity index (χ0v) is 12.7. The second-order valence-electron chi connectivity index (χ2n) is 5.53. The number of methoxy groups -OCH3 is 1. The van der Waals surface area contributed by atoms with Crippen molar-refractivity contribution in [2.45, 2.75) is 25.9 Å². The summed E-state index contributed by atoms with van der Waals surface area (Å²) in [5, 5.41) is 19.0. The Kier molecular flexibility index (Phi) is 3.31. The van der Waals surface area contributed by atoms with Crippen LogP contribution >= 0.6 is 0 Å². The van der Waals surface area contributed by atoms with E-state index in [2.05, 4.69) is 25.5 Å². The summed E-state index contributed by atoms with van der Waals surface area (Å²) in [5.74, 6) is -0.455. The summed E-state index contributed by atoms with van der Waals surface area (Å²) in [6.45, 7) is 3.67. The highest BCUT2D eigenvalue weighted by Gasteiger charge is 2.43. The summed E-state index contributed by atoms with van der Waals surface area (Å²) in [6, 6.07) is 0.00794. The lowest BCUT2D eigenvalue weighted by Gasteiger charge is -2.28. The van der Waals surface area contributed by atoms with Gasteiger partial charge in [0.15, 0.2) is 17.5 Å². The topological polar surface area (TPSA) is 116 Å². The second kappa shape index (κ2) is 5.07. The maximum Gasteiger partial charge on any atom is 0.408 e. The minimum Gasteiger partial charge on any atom is -0.467 e. The van der Waals surface area contributed by atoms with Gasteiger partial charge in [-0.25, -0.2) is 14.2 Å². The van der Waals surface area contributed by atoms with Gasteiger partial charge >= 0.3 is 12.1 Å². The number of amides is 1. The Balaban J connectivity index is 1.96. The number of carboxylic acid groups (broad SMARTS) is 1. The number of nitrogens with one attached hydrogen (secondary N) is 2. The van der Waals surface area contributed by atoms with Crippen LogP contribution in [-0.4, -0.2) is 43.4 Å². The molecule has 3 heterocycles. The van der Waals surface area contributed by atoms with Gasteiger partial charge in [0.05, 0.1) is 31.1 Å². The Morgan fingerprint density at radius 1 is 1.52 bits per heavy atom. The van der Waals surface area contributed by atoms with E-state index in [0.717, 1.165) is 6.20 Å². The number of halogens is 1. The van der Waals surface area contributed by atoms with Crippen LogP contribution in [0.25, 0.3) is 0 Å². The first-order valence-electron chi connectivity index (χ1n) is 6.76. The van der Waals surface area contributed by atoms with Gasteiger partial charge in [-0.3, -0.25) is 10.00 Å². The van der Waals surface area contributed by atoms with Crippen LogP contribution in [0.2, 0.25) is 0 Å². The summed E-state index contributed by atoms with van der Waals surface area (Å²) in [7, 11) is 1.37. The number of carbonyl (C=O) groups is 1. The smallest absolute Gasteiger partial charge is 0.408 e. The molecule has 1 aliphatic rings. The van der Waals surface area contributed by atoms with E-state index >= 15 is 0 Å². The first kappa shape index (κ1) is 15.0. The summed E-state index contributed by atoms with van der Waals surface area (Å²) in [6.07, 6.45) is -0.0606. The normalized spacial score (nSPS) is 15.4. The fraction of sp³-hybridized carbons (Fsp3) is 0.385. The summed E-state index contributed by atoms with van der Waals surface area (Å²) in [5.41, 5.74) is 0.550. The van der Waals surface area contributed by atoms with Crippen LogP contribution < -0.4 is 10.1 Å². The van der Waals surface area contributed by atoms with Crippen molar-refractivity contribution in [3.05, 3.63) is 23.3 Å². The van der Waals surface area contributed by atoms with Crippen LogP contribution in [0.3, 0.4) is 0 Å². The molecule has 0 spiro atoms. The van der Waals surface area contributed by atoms with Crippen LogP contribution in [0.4, 0.5) is 20.8 Å². The van der Waals surface area contributed by atoms with E-state index < -0.39 is 17.4 Å². The Morgan fingerprint density at radius 3 is 2.91 bits per heavy atom. The van der Waals surface area contributed by atoms with Crippen LogP contribution in [0.15, 0.2) is 6.20 Å². The minimum atomic E-state index is -1.04. The van der Waals surface area contributed by atoms with Crippen molar-refractivity contribution >= 4 is 17.7 Å². The first-order chi connectivity index (χ1) is 10.8. The maximum atomic E-state index is 13.8. The molecule has 1 aliphatic heterocycles. The molecule has 0 saturated carbocycles. The number of fused-ring (bicyclic) bond motifs is 1. The van der Waals surface area contributed by atoms with Crippen molar-refractivity contribution in [3.8, 4) is 6.01 Å². The van der Waals surface area contributed by atoms with E-state index in [4.69, 9.17) is 4.74 Å². The fourth-order valence-electron chi connectivity index (χ4n) is 2.58. The highest BCUT2D eigenvalue weighted by atomic mass is 19.1. The Hall–Kier alpha value is -2.91. The monoisotopic (exact) mass is 322 g/mol. The molecule has 2 aromatic heterocycles. The molecule has 0 aliphatic carbocycles. The van der Waals surface area contributed by atoms with Gasteiger partial charge < -0.3 is 15.2 Å². The van der Waals surface area contributed by atoms with Gasteiger partial charge in [0, 0.05) is 5.56 Å². The molecule has 10 heteroatoms. The van der Waals surface area contributed by atoms with Crippen molar-refractivity contribution < 1.29 is 19.0 Å².